The van der Waals surface area contributed by atoms with Gasteiger partial charge in [0, 0.05) is 11.1 Å². The van der Waals surface area contributed by atoms with Crippen LogP contribution < -0.4 is 0 Å². The molecule has 1 aliphatic heterocycles. The number of likely N-dealkylation sites (tertiary alicyclic amines) is 1. The molecule has 1 N–H and O–H groups in total. The average Bonchev–Trinajstić information content (AvgIpc) is 2.68. The van der Waals surface area contributed by atoms with Gasteiger partial charge in [-0.15, -0.1) is 0 Å². The minimum absolute atomic E-state index is 0.0660. The van der Waals surface area contributed by atoms with Crippen molar-refractivity contribution in [3.05, 3.63) is 34.3 Å². The molecule has 1 heterocycles. The van der Waals surface area contributed by atoms with Crippen molar-refractivity contribution in [3.8, 4) is 0 Å². The quantitative estimate of drug-likeness (QED) is 0.911. The lowest BCUT2D eigenvalue weighted by Crippen LogP contribution is -2.31. The smallest absolute Gasteiger partial charge is 0.305 e. The minimum Gasteiger partial charge on any atom is -0.481 e. The molecule has 0 spiro atoms. The first-order valence-electron chi connectivity index (χ1n) is 7.30. The molecule has 0 aromatic heterocycles. The maximum atomic E-state index is 11.2. The number of nitrogens with zero attached hydrogens (tertiary/aromatic N) is 1. The Kier molecular flexibility index (Phi) is 5.44. The molecule has 0 saturated carbocycles. The molecule has 0 bridgehead atoms. The van der Waals surface area contributed by atoms with Crippen molar-refractivity contribution in [3.63, 3.8) is 0 Å². The fraction of sp³-hybridized carbons (Fsp3) is 0.562. The lowest BCUT2D eigenvalue weighted by Gasteiger charge is -2.30. The number of benzene rings is 1. The number of carboxylic acid groups (broad SMARTS) is 1. The highest BCUT2D eigenvalue weighted by Crippen LogP contribution is 2.30. The van der Waals surface area contributed by atoms with Crippen LogP contribution in [-0.2, 0) is 4.79 Å². The van der Waals surface area contributed by atoms with Gasteiger partial charge in [-0.25, -0.2) is 0 Å². The molecule has 1 saturated heterocycles. The predicted molar refractivity (Wildman–Crippen MR) is 81.2 cm³/mol. The van der Waals surface area contributed by atoms with Crippen molar-refractivity contribution in [1.82, 2.24) is 4.90 Å². The van der Waals surface area contributed by atoms with E-state index in [-0.39, 0.29) is 12.5 Å². The maximum Gasteiger partial charge on any atom is 0.305 e. The molecule has 2 rings (SSSR count). The lowest BCUT2D eigenvalue weighted by molar-refractivity contribution is -0.138. The Labute approximate surface area is 125 Å². The van der Waals surface area contributed by atoms with Gasteiger partial charge in [0.05, 0.1) is 6.42 Å². The third kappa shape index (κ3) is 3.97. The topological polar surface area (TPSA) is 40.5 Å². The van der Waals surface area contributed by atoms with Crippen LogP contribution in [0.3, 0.4) is 0 Å². The van der Waals surface area contributed by atoms with Gasteiger partial charge in [0.1, 0.15) is 0 Å². The number of carbonyl (C=O) groups is 1. The molecule has 4 heteroatoms. The highest BCUT2D eigenvalue weighted by molar-refractivity contribution is 6.31. The summed E-state index contributed by atoms with van der Waals surface area (Å²) in [5.41, 5.74) is 2.05. The van der Waals surface area contributed by atoms with Crippen LogP contribution in [0.5, 0.6) is 0 Å². The third-order valence-corrected chi connectivity index (χ3v) is 4.44. The summed E-state index contributed by atoms with van der Waals surface area (Å²) >= 11 is 6.20. The molecular weight excluding hydrogens is 274 g/mol. The first-order valence-corrected chi connectivity index (χ1v) is 7.67. The summed E-state index contributed by atoms with van der Waals surface area (Å²) < 4.78 is 0. The van der Waals surface area contributed by atoms with Gasteiger partial charge < -0.3 is 5.11 Å². The Hall–Kier alpha value is -1.06. The standard InChI is InChI=1S/C16H22ClNO2/c1-12-6-7-13(10-14(12)17)15(11-16(19)20)18-8-4-2-3-5-9-18/h6-7,10,15H,2-5,8-9,11H2,1H3,(H,19,20). The molecular formula is C16H22ClNO2. The zero-order valence-electron chi connectivity index (χ0n) is 11.9. The van der Waals surface area contributed by atoms with Crippen LogP contribution in [0.25, 0.3) is 0 Å². The van der Waals surface area contributed by atoms with Crippen LogP contribution in [0, 0.1) is 6.92 Å². The van der Waals surface area contributed by atoms with Gasteiger partial charge in [0.25, 0.3) is 0 Å². The van der Waals surface area contributed by atoms with Gasteiger partial charge in [-0.05, 0) is 50.0 Å². The van der Waals surface area contributed by atoms with Gasteiger partial charge >= 0.3 is 5.97 Å². The highest BCUT2D eigenvalue weighted by Gasteiger charge is 2.24. The van der Waals surface area contributed by atoms with E-state index in [2.05, 4.69) is 4.90 Å². The van der Waals surface area contributed by atoms with E-state index in [0.29, 0.717) is 5.02 Å². The van der Waals surface area contributed by atoms with Gasteiger partial charge in [-0.3, -0.25) is 9.69 Å². The van der Waals surface area contributed by atoms with Crippen LogP contribution >= 0.6 is 11.6 Å². The highest BCUT2D eigenvalue weighted by atomic mass is 35.5. The largest absolute Gasteiger partial charge is 0.481 e. The van der Waals surface area contributed by atoms with Crippen LogP contribution in [0.15, 0.2) is 18.2 Å². The Bertz CT molecular complexity index is 468. The van der Waals surface area contributed by atoms with E-state index in [9.17, 15) is 9.90 Å². The van der Waals surface area contributed by atoms with Crippen molar-refractivity contribution in [1.29, 1.82) is 0 Å². The van der Waals surface area contributed by atoms with Crippen molar-refractivity contribution in [2.75, 3.05) is 13.1 Å². The predicted octanol–water partition coefficient (Wildman–Crippen LogP) is 4.04. The van der Waals surface area contributed by atoms with Gasteiger partial charge in [0.2, 0.25) is 0 Å². The Morgan fingerprint density at radius 2 is 1.95 bits per heavy atom. The summed E-state index contributed by atoms with van der Waals surface area (Å²) in [6.45, 7) is 3.91. The number of rotatable bonds is 4. The molecule has 3 nitrogen and oxygen atoms in total. The Balaban J connectivity index is 2.25. The molecule has 0 aliphatic carbocycles. The Morgan fingerprint density at radius 1 is 1.30 bits per heavy atom. The number of hydrogen-bond acceptors (Lipinski definition) is 2. The van der Waals surface area contributed by atoms with E-state index in [1.807, 2.05) is 25.1 Å². The molecule has 110 valence electrons. The van der Waals surface area contributed by atoms with Gasteiger partial charge in [-0.2, -0.15) is 0 Å². The molecule has 0 amide bonds. The number of hydrogen-bond donors (Lipinski definition) is 1. The molecule has 1 aromatic rings. The minimum atomic E-state index is -0.754. The van der Waals surface area contributed by atoms with E-state index in [4.69, 9.17) is 11.6 Å². The van der Waals surface area contributed by atoms with Crippen LogP contribution in [0.2, 0.25) is 5.02 Å². The number of halogens is 1. The molecule has 1 aromatic carbocycles. The van der Waals surface area contributed by atoms with Gasteiger partial charge in [-0.1, -0.05) is 36.6 Å². The van der Waals surface area contributed by atoms with Crippen LogP contribution in [0.4, 0.5) is 0 Å². The summed E-state index contributed by atoms with van der Waals surface area (Å²) in [5, 5.41) is 9.93. The first kappa shape index (κ1) is 15.3. The lowest BCUT2D eigenvalue weighted by atomic mass is 10.00. The number of aliphatic carboxylic acids is 1. The first-order chi connectivity index (χ1) is 9.58. The maximum absolute atomic E-state index is 11.2. The molecule has 0 radical (unpaired) electrons. The molecule has 1 unspecified atom stereocenters. The van der Waals surface area contributed by atoms with Crippen molar-refractivity contribution < 1.29 is 9.90 Å². The molecule has 1 atom stereocenters. The summed E-state index contributed by atoms with van der Waals surface area (Å²) in [7, 11) is 0. The van der Waals surface area contributed by atoms with Crippen LogP contribution in [0.1, 0.15) is 49.3 Å². The zero-order chi connectivity index (χ0) is 14.5. The van der Waals surface area contributed by atoms with Crippen molar-refractivity contribution >= 4 is 17.6 Å². The monoisotopic (exact) mass is 295 g/mol. The second kappa shape index (κ2) is 7.09. The van der Waals surface area contributed by atoms with E-state index in [1.54, 1.807) is 0 Å². The van der Waals surface area contributed by atoms with Crippen LogP contribution in [-0.4, -0.2) is 29.1 Å². The second-order valence-electron chi connectivity index (χ2n) is 5.57. The fourth-order valence-corrected chi connectivity index (χ4v) is 3.04. The normalized spacial score (nSPS) is 18.5. The number of aryl methyl sites for hydroxylation is 1. The molecule has 20 heavy (non-hydrogen) atoms. The zero-order valence-corrected chi connectivity index (χ0v) is 12.7. The van der Waals surface area contributed by atoms with E-state index in [1.165, 1.54) is 12.8 Å². The van der Waals surface area contributed by atoms with E-state index < -0.39 is 5.97 Å². The second-order valence-corrected chi connectivity index (χ2v) is 5.98. The number of carboxylic acids is 1. The summed E-state index contributed by atoms with van der Waals surface area (Å²) in [6, 6.07) is 5.85. The van der Waals surface area contributed by atoms with E-state index in [0.717, 1.165) is 37.1 Å². The molecule has 1 aliphatic rings. The summed E-state index contributed by atoms with van der Waals surface area (Å²) in [6.07, 6.45) is 4.92. The van der Waals surface area contributed by atoms with E-state index >= 15 is 0 Å². The Morgan fingerprint density at radius 3 is 2.50 bits per heavy atom. The van der Waals surface area contributed by atoms with Crippen molar-refractivity contribution in [2.45, 2.75) is 45.1 Å². The average molecular weight is 296 g/mol. The molecule has 1 fully saturated rings. The summed E-state index contributed by atoms with van der Waals surface area (Å²) in [4.78, 5) is 13.5. The SMILES string of the molecule is Cc1ccc(C(CC(=O)O)N2CCCCCC2)cc1Cl. The fourth-order valence-electron chi connectivity index (χ4n) is 2.85. The van der Waals surface area contributed by atoms with Crippen molar-refractivity contribution in [2.24, 2.45) is 0 Å². The third-order valence-electron chi connectivity index (χ3n) is 4.03. The van der Waals surface area contributed by atoms with Gasteiger partial charge in [0.15, 0.2) is 0 Å². The summed E-state index contributed by atoms with van der Waals surface area (Å²) in [5.74, 6) is -0.754.